The van der Waals surface area contributed by atoms with Crippen LogP contribution in [0.2, 0.25) is 0 Å². The molecule has 0 aliphatic carbocycles. The van der Waals surface area contributed by atoms with Gasteiger partial charge < -0.3 is 21.1 Å². The molecule has 17 heteroatoms. The smallest absolute Gasteiger partial charge is 0.320 e. The fourth-order valence-electron chi connectivity index (χ4n) is 3.80. The van der Waals surface area contributed by atoms with Crippen molar-refractivity contribution in [3.05, 3.63) is 125 Å². The Bertz CT molecular complexity index is 1780. The Hall–Kier alpha value is -4.04. The van der Waals surface area contributed by atoms with E-state index in [-0.39, 0.29) is 27.2 Å². The molecule has 4 rings (SSSR count). The Kier molecular flexibility index (Phi) is 21.5. The summed E-state index contributed by atoms with van der Waals surface area (Å²) < 4.78 is 93.8. The van der Waals surface area contributed by atoms with Gasteiger partial charge in [0, 0.05) is 0 Å². The highest BCUT2D eigenvalue weighted by Crippen LogP contribution is 2.10. The SMILES string of the molecule is Cc1ccc(S(=O)(=O)O)cc1.Cc1ccc(S(=O)(=O)O)cc1.Cc1ccc(S(=O)(=O)O)cc1.NCCCNCCCNCC(=O)OCc1ccccc1. The highest BCUT2D eigenvalue weighted by atomic mass is 32.2. The summed E-state index contributed by atoms with van der Waals surface area (Å²) in [5, 5.41) is 6.36. The summed E-state index contributed by atoms with van der Waals surface area (Å²) in [7, 11) is -12.1. The van der Waals surface area contributed by atoms with Gasteiger partial charge in [0.2, 0.25) is 0 Å². The zero-order chi connectivity index (χ0) is 39.9. The second-order valence-corrected chi connectivity index (χ2v) is 15.7. The third kappa shape index (κ3) is 22.6. The number of hydrogen-bond donors (Lipinski definition) is 6. The van der Waals surface area contributed by atoms with Crippen LogP contribution in [0.15, 0.2) is 118 Å². The fourth-order valence-corrected chi connectivity index (χ4v) is 5.24. The number of nitrogens with two attached hydrogens (primary N) is 1. The van der Waals surface area contributed by atoms with Crippen molar-refractivity contribution in [1.82, 2.24) is 10.6 Å². The van der Waals surface area contributed by atoms with Crippen LogP contribution in [0.1, 0.15) is 35.1 Å². The van der Waals surface area contributed by atoms with Gasteiger partial charge >= 0.3 is 5.97 Å². The quantitative estimate of drug-likeness (QED) is 0.0590. The van der Waals surface area contributed by atoms with Gasteiger partial charge in [-0.2, -0.15) is 25.3 Å². The number of hydrogen-bond acceptors (Lipinski definition) is 11. The molecule has 0 spiro atoms. The van der Waals surface area contributed by atoms with Gasteiger partial charge in [0.1, 0.15) is 6.61 Å². The number of aryl methyl sites for hydroxylation is 3. The van der Waals surface area contributed by atoms with Gasteiger partial charge in [-0.3, -0.25) is 18.5 Å². The van der Waals surface area contributed by atoms with Crippen LogP contribution < -0.4 is 16.4 Å². The lowest BCUT2D eigenvalue weighted by atomic mass is 10.2. The maximum absolute atomic E-state index is 11.5. The van der Waals surface area contributed by atoms with Crippen molar-refractivity contribution in [3.63, 3.8) is 0 Å². The molecule has 53 heavy (non-hydrogen) atoms. The van der Waals surface area contributed by atoms with E-state index in [1.165, 1.54) is 36.4 Å². The monoisotopic (exact) mass is 795 g/mol. The Labute approximate surface area is 313 Å². The zero-order valence-electron chi connectivity index (χ0n) is 29.9. The van der Waals surface area contributed by atoms with Gasteiger partial charge in [-0.05, 0) is 102 Å². The van der Waals surface area contributed by atoms with E-state index in [2.05, 4.69) is 10.6 Å². The van der Waals surface area contributed by atoms with Crippen LogP contribution in [-0.2, 0) is 46.5 Å². The van der Waals surface area contributed by atoms with Crippen molar-refractivity contribution >= 4 is 36.3 Å². The van der Waals surface area contributed by atoms with Gasteiger partial charge in [-0.1, -0.05) is 83.4 Å². The molecule has 0 saturated heterocycles. The summed E-state index contributed by atoms with van der Waals surface area (Å²) >= 11 is 0. The molecule has 4 aromatic rings. The average Bonchev–Trinajstić information content (AvgIpc) is 3.09. The van der Waals surface area contributed by atoms with Crippen LogP contribution in [0.25, 0.3) is 0 Å². The lowest BCUT2D eigenvalue weighted by molar-refractivity contribution is -0.143. The normalized spacial score (nSPS) is 11.1. The van der Waals surface area contributed by atoms with Crippen LogP contribution >= 0.6 is 0 Å². The van der Waals surface area contributed by atoms with E-state index in [1.807, 2.05) is 51.1 Å². The molecule has 0 bridgehead atoms. The van der Waals surface area contributed by atoms with E-state index < -0.39 is 30.4 Å². The van der Waals surface area contributed by atoms with Gasteiger partial charge in [0.25, 0.3) is 30.4 Å². The van der Waals surface area contributed by atoms with Crippen LogP contribution in [0.4, 0.5) is 0 Å². The second kappa shape index (κ2) is 24.3. The molecule has 292 valence electrons. The van der Waals surface area contributed by atoms with E-state index in [1.54, 1.807) is 36.4 Å². The molecule has 4 aromatic carbocycles. The number of carbonyl (C=O) groups excluding carboxylic acids is 1. The van der Waals surface area contributed by atoms with Crippen LogP contribution in [-0.4, -0.2) is 77.6 Å². The van der Waals surface area contributed by atoms with E-state index in [4.69, 9.17) is 24.1 Å². The van der Waals surface area contributed by atoms with Crippen molar-refractivity contribution in [3.8, 4) is 0 Å². The summed E-state index contributed by atoms with van der Waals surface area (Å²) in [6, 6.07) is 27.6. The number of ether oxygens (including phenoxy) is 1. The molecule has 0 aliphatic rings. The highest BCUT2D eigenvalue weighted by molar-refractivity contribution is 7.86. The van der Waals surface area contributed by atoms with Crippen molar-refractivity contribution < 1.29 is 48.4 Å². The minimum atomic E-state index is -4.02. The topological polar surface area (TPSA) is 239 Å². The van der Waals surface area contributed by atoms with E-state index in [0.29, 0.717) is 6.61 Å². The molecule has 0 radical (unpaired) electrons. The minimum Gasteiger partial charge on any atom is -0.460 e. The lowest BCUT2D eigenvalue weighted by Crippen LogP contribution is -2.28. The molecule has 0 aliphatic heterocycles. The first-order valence-corrected chi connectivity index (χ1v) is 20.6. The number of esters is 1. The molecule has 7 N–H and O–H groups in total. The number of rotatable bonds is 14. The maximum atomic E-state index is 11.5. The predicted octanol–water partition coefficient (Wildman–Crippen LogP) is 4.37. The first kappa shape index (κ1) is 47.0. The van der Waals surface area contributed by atoms with Crippen molar-refractivity contribution in [2.45, 2.75) is 54.9 Å². The Balaban J connectivity index is 0.000000369. The molecular formula is C36H49N3O11S3. The molecule has 0 amide bonds. The molecule has 0 unspecified atom stereocenters. The van der Waals surface area contributed by atoms with Crippen molar-refractivity contribution in [1.29, 1.82) is 0 Å². The zero-order valence-corrected chi connectivity index (χ0v) is 32.3. The van der Waals surface area contributed by atoms with E-state index in [9.17, 15) is 30.0 Å². The number of benzene rings is 4. The van der Waals surface area contributed by atoms with Crippen LogP contribution in [0.3, 0.4) is 0 Å². The molecular weight excluding hydrogens is 747 g/mol. The van der Waals surface area contributed by atoms with Crippen molar-refractivity contribution in [2.24, 2.45) is 5.73 Å². The second-order valence-electron chi connectivity index (χ2n) is 11.4. The molecule has 14 nitrogen and oxygen atoms in total. The summed E-state index contributed by atoms with van der Waals surface area (Å²) in [6.45, 7) is 9.53. The summed E-state index contributed by atoms with van der Waals surface area (Å²) in [6.07, 6.45) is 1.98. The van der Waals surface area contributed by atoms with Gasteiger partial charge in [0.15, 0.2) is 0 Å². The molecule has 0 heterocycles. The fraction of sp³-hybridized carbons (Fsp3) is 0.306. The standard InChI is InChI=1S/C15H25N3O2.3C7H8O3S/c16-8-4-9-17-10-5-11-18-12-15(19)20-13-14-6-2-1-3-7-14;3*1-6-2-4-7(5-3-6)11(8,9)10/h1-3,6-7,17-18H,4-5,8-13,16H2;3*2-5H,1H3,(H,8,9,10). The first-order valence-electron chi connectivity index (χ1n) is 16.3. The molecule has 0 aromatic heterocycles. The Morgan fingerprint density at radius 1 is 0.566 bits per heavy atom. The molecule has 0 atom stereocenters. The van der Waals surface area contributed by atoms with Gasteiger partial charge in [-0.15, -0.1) is 0 Å². The van der Waals surface area contributed by atoms with Crippen LogP contribution in [0.5, 0.6) is 0 Å². The van der Waals surface area contributed by atoms with Crippen LogP contribution in [0, 0.1) is 20.8 Å². The number of nitrogens with one attached hydrogen (secondary N) is 2. The average molecular weight is 796 g/mol. The highest BCUT2D eigenvalue weighted by Gasteiger charge is 2.08. The van der Waals surface area contributed by atoms with E-state index in [0.717, 1.165) is 61.3 Å². The first-order chi connectivity index (χ1) is 24.8. The predicted molar refractivity (Wildman–Crippen MR) is 203 cm³/mol. The molecule has 0 saturated carbocycles. The van der Waals surface area contributed by atoms with Gasteiger partial charge in [0.05, 0.1) is 21.2 Å². The lowest BCUT2D eigenvalue weighted by Gasteiger charge is -2.07. The largest absolute Gasteiger partial charge is 0.460 e. The third-order valence-corrected chi connectivity index (χ3v) is 9.34. The molecule has 0 fully saturated rings. The summed E-state index contributed by atoms with van der Waals surface area (Å²) in [5.74, 6) is -0.218. The van der Waals surface area contributed by atoms with Crippen molar-refractivity contribution in [2.75, 3.05) is 32.7 Å². The maximum Gasteiger partial charge on any atom is 0.320 e. The Morgan fingerprint density at radius 3 is 1.28 bits per heavy atom. The summed E-state index contributed by atoms with van der Waals surface area (Å²) in [4.78, 5) is 11.3. The third-order valence-electron chi connectivity index (χ3n) is 6.73. The Morgan fingerprint density at radius 2 is 0.925 bits per heavy atom. The summed E-state index contributed by atoms with van der Waals surface area (Å²) in [5.41, 5.74) is 9.26. The number of carbonyl (C=O) groups is 1. The minimum absolute atomic E-state index is 0.0666. The van der Waals surface area contributed by atoms with Gasteiger partial charge in [-0.25, -0.2) is 0 Å². The van der Waals surface area contributed by atoms with E-state index >= 15 is 0 Å².